The molecule has 0 amide bonds. The normalized spacial score (nSPS) is 32.3. The van der Waals surface area contributed by atoms with Crippen LogP contribution in [0.25, 0.3) is 0 Å². The Bertz CT molecular complexity index is 1000. The fourth-order valence-corrected chi connectivity index (χ4v) is 8.09. The molecule has 7 nitrogen and oxygen atoms in total. The van der Waals surface area contributed by atoms with Gasteiger partial charge in [0.25, 0.3) is 0 Å². The predicted molar refractivity (Wildman–Crippen MR) is 178 cm³/mol. The molecule has 0 spiro atoms. The highest BCUT2D eigenvalue weighted by Gasteiger charge is 2.56. The topological polar surface area (TPSA) is 89.2 Å². The van der Waals surface area contributed by atoms with Crippen LogP contribution in [0.15, 0.2) is 23.8 Å². The molecule has 2 aliphatic carbocycles. The Kier molecular flexibility index (Phi) is 15.4. The largest absolute Gasteiger partial charge is 0.469 e. The van der Waals surface area contributed by atoms with E-state index in [0.717, 1.165) is 103 Å². The molecule has 2 N–H and O–H groups in total. The number of methoxy groups -OCH3 is 1. The van der Waals surface area contributed by atoms with E-state index in [1.807, 2.05) is 6.92 Å². The summed E-state index contributed by atoms with van der Waals surface area (Å²) in [6.07, 6.45) is 24.4. The first-order valence-electron chi connectivity index (χ1n) is 18.0. The summed E-state index contributed by atoms with van der Waals surface area (Å²) in [5.41, 5.74) is 7.63. The molecule has 3 unspecified atom stereocenters. The van der Waals surface area contributed by atoms with Crippen LogP contribution in [-0.2, 0) is 28.5 Å². The lowest BCUT2D eigenvalue weighted by Gasteiger charge is -2.31. The van der Waals surface area contributed by atoms with Crippen molar-refractivity contribution in [3.05, 3.63) is 23.8 Å². The van der Waals surface area contributed by atoms with Crippen LogP contribution in [0.5, 0.6) is 0 Å². The number of hydrogen-bond donors (Lipinski definition) is 1. The lowest BCUT2D eigenvalue weighted by Crippen LogP contribution is -2.32. The van der Waals surface area contributed by atoms with Gasteiger partial charge in [0.05, 0.1) is 19.3 Å². The Morgan fingerprint density at radius 2 is 1.87 bits per heavy atom. The molecule has 45 heavy (non-hydrogen) atoms. The molecule has 0 aromatic heterocycles. The van der Waals surface area contributed by atoms with E-state index in [1.54, 1.807) is 5.57 Å². The minimum absolute atomic E-state index is 0.0604. The van der Waals surface area contributed by atoms with E-state index in [4.69, 9.17) is 29.4 Å². The van der Waals surface area contributed by atoms with Crippen LogP contribution >= 0.6 is 0 Å². The van der Waals surface area contributed by atoms with Crippen molar-refractivity contribution >= 4 is 5.97 Å². The van der Waals surface area contributed by atoms with E-state index in [0.29, 0.717) is 12.3 Å². The number of carbonyl (C=O) groups excluding carboxylic acids is 1. The molecule has 4 fully saturated rings. The second kappa shape index (κ2) is 19.2. The van der Waals surface area contributed by atoms with Gasteiger partial charge < -0.3 is 29.4 Å². The highest BCUT2D eigenvalue weighted by Crippen LogP contribution is 2.62. The van der Waals surface area contributed by atoms with Crippen LogP contribution in [0.2, 0.25) is 0 Å². The van der Waals surface area contributed by atoms with Gasteiger partial charge in [-0.05, 0) is 114 Å². The summed E-state index contributed by atoms with van der Waals surface area (Å²) in [6, 6.07) is 0. The van der Waals surface area contributed by atoms with Gasteiger partial charge in [-0.1, -0.05) is 43.6 Å². The quantitative estimate of drug-likeness (QED) is 0.0768. The third-order valence-corrected chi connectivity index (χ3v) is 10.6. The third-order valence-electron chi connectivity index (χ3n) is 10.6. The SMILES string of the molecule is CC#CCC(C)[C@@H](/C=C/[C@@H]1[C@H]2C/C(=C\CCCC(=O)OC)C[C@@]2(CCCCCN)C[C@H]1OC1CCCCO1)OC1CCCCO1. The van der Waals surface area contributed by atoms with Gasteiger partial charge in [-0.15, -0.1) is 11.8 Å². The maximum absolute atomic E-state index is 11.7. The molecule has 0 aromatic carbocycles. The smallest absolute Gasteiger partial charge is 0.305 e. The molecule has 8 atom stereocenters. The molecule has 0 radical (unpaired) electrons. The molecule has 4 aliphatic rings. The first kappa shape index (κ1) is 36.2. The first-order chi connectivity index (χ1) is 22.0. The van der Waals surface area contributed by atoms with E-state index in [2.05, 4.69) is 37.0 Å². The van der Waals surface area contributed by atoms with E-state index >= 15 is 0 Å². The van der Waals surface area contributed by atoms with Crippen molar-refractivity contribution in [2.75, 3.05) is 26.9 Å². The maximum Gasteiger partial charge on any atom is 0.305 e. The molecule has 7 heteroatoms. The fraction of sp³-hybridized carbons (Fsp3) is 0.816. The third kappa shape index (κ3) is 10.9. The Morgan fingerprint density at radius 1 is 1.09 bits per heavy atom. The van der Waals surface area contributed by atoms with Crippen LogP contribution in [-0.4, -0.2) is 57.6 Å². The molecular weight excluding hydrogens is 566 g/mol. The van der Waals surface area contributed by atoms with E-state index < -0.39 is 0 Å². The number of nitrogens with two attached hydrogens (primary N) is 1. The van der Waals surface area contributed by atoms with Gasteiger partial charge in [0, 0.05) is 32.0 Å². The number of allylic oxidation sites excluding steroid dienone is 2. The minimum atomic E-state index is -0.149. The number of hydrogen-bond acceptors (Lipinski definition) is 7. The van der Waals surface area contributed by atoms with Crippen LogP contribution in [0.3, 0.4) is 0 Å². The average molecular weight is 628 g/mol. The van der Waals surface area contributed by atoms with Gasteiger partial charge >= 0.3 is 5.97 Å². The molecule has 0 bridgehead atoms. The van der Waals surface area contributed by atoms with Gasteiger partial charge in [0.1, 0.15) is 0 Å². The number of fused-ring (bicyclic) bond motifs is 1. The van der Waals surface area contributed by atoms with Gasteiger partial charge in [-0.2, -0.15) is 0 Å². The maximum atomic E-state index is 11.7. The van der Waals surface area contributed by atoms with Crippen molar-refractivity contribution in [1.82, 2.24) is 0 Å². The van der Waals surface area contributed by atoms with Crippen molar-refractivity contribution < 1.29 is 28.5 Å². The summed E-state index contributed by atoms with van der Waals surface area (Å²) in [5, 5.41) is 0. The minimum Gasteiger partial charge on any atom is -0.469 e. The lowest BCUT2D eigenvalue weighted by atomic mass is 9.74. The van der Waals surface area contributed by atoms with Gasteiger partial charge in [-0.3, -0.25) is 4.79 Å². The van der Waals surface area contributed by atoms with Gasteiger partial charge in [-0.25, -0.2) is 0 Å². The molecule has 0 aromatic rings. The van der Waals surface area contributed by atoms with E-state index in [-0.39, 0.29) is 48.0 Å². The summed E-state index contributed by atoms with van der Waals surface area (Å²) >= 11 is 0. The van der Waals surface area contributed by atoms with Gasteiger partial charge in [0.2, 0.25) is 0 Å². The molecule has 2 saturated carbocycles. The summed E-state index contributed by atoms with van der Waals surface area (Å²) in [5.74, 6) is 7.28. The molecule has 2 aliphatic heterocycles. The molecule has 2 heterocycles. The summed E-state index contributed by atoms with van der Waals surface area (Å²) in [6.45, 7) is 6.47. The summed E-state index contributed by atoms with van der Waals surface area (Å²) in [4.78, 5) is 11.7. The zero-order chi connectivity index (χ0) is 31.9. The summed E-state index contributed by atoms with van der Waals surface area (Å²) < 4.78 is 30.5. The number of unbranched alkanes of at least 4 members (excludes halogenated alkanes) is 3. The van der Waals surface area contributed by atoms with E-state index in [1.165, 1.54) is 26.4 Å². The highest BCUT2D eigenvalue weighted by atomic mass is 16.7. The average Bonchev–Trinajstić information content (AvgIpc) is 3.54. The Balaban J connectivity index is 1.57. The van der Waals surface area contributed by atoms with Crippen molar-refractivity contribution in [2.24, 2.45) is 28.9 Å². The van der Waals surface area contributed by atoms with Crippen LogP contribution in [0.4, 0.5) is 0 Å². The van der Waals surface area contributed by atoms with E-state index in [9.17, 15) is 4.79 Å². The van der Waals surface area contributed by atoms with Crippen molar-refractivity contribution in [2.45, 2.75) is 148 Å². The van der Waals surface area contributed by atoms with Gasteiger partial charge in [0.15, 0.2) is 12.6 Å². The van der Waals surface area contributed by atoms with Crippen molar-refractivity contribution in [3.8, 4) is 11.8 Å². The number of ether oxygens (including phenoxy) is 5. The van der Waals surface area contributed by atoms with Crippen molar-refractivity contribution in [3.63, 3.8) is 0 Å². The van der Waals surface area contributed by atoms with Crippen LogP contribution in [0.1, 0.15) is 123 Å². The van der Waals surface area contributed by atoms with Crippen molar-refractivity contribution in [1.29, 1.82) is 0 Å². The number of esters is 1. The zero-order valence-electron chi connectivity index (χ0n) is 28.4. The number of carbonyl (C=O) groups is 1. The lowest BCUT2D eigenvalue weighted by molar-refractivity contribution is -0.193. The Morgan fingerprint density at radius 3 is 2.56 bits per heavy atom. The fourth-order valence-electron chi connectivity index (χ4n) is 8.09. The molecular formula is C38H61NO6. The zero-order valence-corrected chi connectivity index (χ0v) is 28.4. The summed E-state index contributed by atoms with van der Waals surface area (Å²) in [7, 11) is 1.47. The predicted octanol–water partition coefficient (Wildman–Crippen LogP) is 7.62. The van der Waals surface area contributed by atoms with Crippen LogP contribution < -0.4 is 5.73 Å². The molecule has 2 saturated heterocycles. The molecule has 254 valence electrons. The Labute approximate surface area is 273 Å². The number of rotatable bonds is 17. The second-order valence-electron chi connectivity index (χ2n) is 13.9. The highest BCUT2D eigenvalue weighted by molar-refractivity contribution is 5.69. The van der Waals surface area contributed by atoms with Crippen LogP contribution in [0, 0.1) is 35.0 Å². The second-order valence-corrected chi connectivity index (χ2v) is 13.9. The standard InChI is InChI=1S/C38H61NO6/c1-4-5-15-29(2)33(44-36-18-9-13-24-42-36)21-20-31-32-26-30(16-7-8-17-35(40)41-3)27-38(32,22-11-6-12-23-39)28-34(31)45-37-19-10-14-25-43-37/h16,20-21,29,31-34,36-37H,6-15,17-19,22-28,39H2,1-3H3/b21-20+,30-16+/t29?,31-,32-,33-,34-,36?,37?,38+/m1/s1. The first-order valence-corrected chi connectivity index (χ1v) is 18.0. The molecule has 4 rings (SSSR count). The monoisotopic (exact) mass is 627 g/mol. The Hall–Kier alpha value is -1.69.